The average Bonchev–Trinajstić information content (AvgIpc) is 3.05. The lowest BCUT2D eigenvalue weighted by Gasteiger charge is -2.37. The van der Waals surface area contributed by atoms with Crippen LogP contribution in [0.2, 0.25) is 0 Å². The number of fused-ring (bicyclic) bond motifs is 1. The maximum Gasteiger partial charge on any atom is 0.0947 e. The van der Waals surface area contributed by atoms with Gasteiger partial charge in [-0.25, -0.2) is 0 Å². The molecule has 1 aliphatic rings. The topological polar surface area (TPSA) is 42.4 Å². The molecule has 19 heavy (non-hydrogen) atoms. The SMILES string of the molecule is CN(Cc1ccoc1)C1(CN)Cc2ccccc2C1. The van der Waals surface area contributed by atoms with Crippen LogP contribution in [0.3, 0.4) is 0 Å². The smallest absolute Gasteiger partial charge is 0.0947 e. The first-order valence-electron chi connectivity index (χ1n) is 6.73. The van der Waals surface area contributed by atoms with E-state index in [-0.39, 0.29) is 5.54 Å². The fourth-order valence-electron chi connectivity index (χ4n) is 3.07. The third-order valence-electron chi connectivity index (χ3n) is 4.35. The van der Waals surface area contributed by atoms with E-state index in [4.69, 9.17) is 10.2 Å². The lowest BCUT2D eigenvalue weighted by molar-refractivity contribution is 0.127. The van der Waals surface area contributed by atoms with Crippen LogP contribution in [-0.4, -0.2) is 24.0 Å². The van der Waals surface area contributed by atoms with Crippen LogP contribution in [-0.2, 0) is 19.4 Å². The van der Waals surface area contributed by atoms with Gasteiger partial charge in [0, 0.05) is 24.2 Å². The molecular formula is C16H20N2O. The van der Waals surface area contributed by atoms with Crippen LogP contribution in [0.4, 0.5) is 0 Å². The van der Waals surface area contributed by atoms with E-state index in [1.165, 1.54) is 16.7 Å². The summed E-state index contributed by atoms with van der Waals surface area (Å²) in [7, 11) is 2.16. The molecular weight excluding hydrogens is 236 g/mol. The number of nitrogens with two attached hydrogens (primary N) is 1. The van der Waals surface area contributed by atoms with Crippen molar-refractivity contribution >= 4 is 0 Å². The average molecular weight is 256 g/mol. The van der Waals surface area contributed by atoms with Crippen molar-refractivity contribution in [3.8, 4) is 0 Å². The fourth-order valence-corrected chi connectivity index (χ4v) is 3.07. The van der Waals surface area contributed by atoms with E-state index in [0.717, 1.165) is 19.4 Å². The van der Waals surface area contributed by atoms with Gasteiger partial charge in [-0.3, -0.25) is 4.90 Å². The molecule has 2 aromatic rings. The van der Waals surface area contributed by atoms with Crippen molar-refractivity contribution in [2.45, 2.75) is 24.9 Å². The van der Waals surface area contributed by atoms with E-state index in [1.807, 2.05) is 12.3 Å². The summed E-state index contributed by atoms with van der Waals surface area (Å²) >= 11 is 0. The normalized spacial score (nSPS) is 16.8. The first-order valence-corrected chi connectivity index (χ1v) is 6.73. The Balaban J connectivity index is 1.82. The van der Waals surface area contributed by atoms with Crippen LogP contribution in [0.1, 0.15) is 16.7 Å². The van der Waals surface area contributed by atoms with Gasteiger partial charge in [-0.2, -0.15) is 0 Å². The molecule has 1 aromatic carbocycles. The predicted molar refractivity (Wildman–Crippen MR) is 75.8 cm³/mol. The molecule has 0 amide bonds. The second-order valence-corrected chi connectivity index (χ2v) is 5.54. The van der Waals surface area contributed by atoms with Gasteiger partial charge < -0.3 is 10.2 Å². The lowest BCUT2D eigenvalue weighted by Crippen LogP contribution is -2.52. The summed E-state index contributed by atoms with van der Waals surface area (Å²) < 4.78 is 5.15. The van der Waals surface area contributed by atoms with Gasteiger partial charge in [-0.05, 0) is 37.1 Å². The van der Waals surface area contributed by atoms with E-state index in [1.54, 1.807) is 6.26 Å². The summed E-state index contributed by atoms with van der Waals surface area (Å²) in [6.07, 6.45) is 5.60. The minimum absolute atomic E-state index is 0.0426. The molecule has 0 unspecified atom stereocenters. The Labute approximate surface area is 114 Å². The first-order chi connectivity index (χ1) is 9.23. The molecule has 0 fully saturated rings. The number of likely N-dealkylation sites (N-methyl/N-ethyl adjacent to an activating group) is 1. The van der Waals surface area contributed by atoms with E-state index < -0.39 is 0 Å². The molecule has 0 spiro atoms. The summed E-state index contributed by atoms with van der Waals surface area (Å²) in [6.45, 7) is 1.55. The highest BCUT2D eigenvalue weighted by molar-refractivity contribution is 5.36. The molecule has 0 radical (unpaired) electrons. The molecule has 100 valence electrons. The molecule has 1 heterocycles. The highest BCUT2D eigenvalue weighted by atomic mass is 16.3. The van der Waals surface area contributed by atoms with E-state index >= 15 is 0 Å². The largest absolute Gasteiger partial charge is 0.472 e. The highest BCUT2D eigenvalue weighted by Crippen LogP contribution is 2.34. The molecule has 1 aromatic heterocycles. The highest BCUT2D eigenvalue weighted by Gasteiger charge is 2.39. The number of rotatable bonds is 4. The Morgan fingerprint density at radius 3 is 2.42 bits per heavy atom. The standard InChI is InChI=1S/C16H20N2O/c1-18(10-13-6-7-19-11-13)16(12-17)8-14-4-2-3-5-15(14)9-16/h2-7,11H,8-10,12,17H2,1H3. The molecule has 0 bridgehead atoms. The maximum atomic E-state index is 6.11. The van der Waals surface area contributed by atoms with Gasteiger partial charge in [0.2, 0.25) is 0 Å². The summed E-state index contributed by atoms with van der Waals surface area (Å²) in [5.74, 6) is 0. The predicted octanol–water partition coefficient (Wildman–Crippen LogP) is 2.21. The van der Waals surface area contributed by atoms with Crippen molar-refractivity contribution < 1.29 is 4.42 Å². The van der Waals surface area contributed by atoms with Crippen molar-refractivity contribution in [1.29, 1.82) is 0 Å². The van der Waals surface area contributed by atoms with Crippen molar-refractivity contribution in [3.63, 3.8) is 0 Å². The van der Waals surface area contributed by atoms with Crippen LogP contribution >= 0.6 is 0 Å². The Morgan fingerprint density at radius 1 is 1.21 bits per heavy atom. The van der Waals surface area contributed by atoms with Crippen molar-refractivity contribution in [1.82, 2.24) is 4.90 Å². The summed E-state index contributed by atoms with van der Waals surface area (Å²) in [5, 5.41) is 0. The van der Waals surface area contributed by atoms with Crippen LogP contribution in [0.25, 0.3) is 0 Å². The zero-order chi connectivity index (χ0) is 13.3. The van der Waals surface area contributed by atoms with E-state index in [9.17, 15) is 0 Å². The van der Waals surface area contributed by atoms with E-state index in [0.29, 0.717) is 6.54 Å². The molecule has 3 heteroatoms. The minimum atomic E-state index is 0.0426. The third kappa shape index (κ3) is 2.20. The number of furan rings is 1. The number of hydrogen-bond acceptors (Lipinski definition) is 3. The second kappa shape index (κ2) is 4.83. The second-order valence-electron chi connectivity index (χ2n) is 5.54. The van der Waals surface area contributed by atoms with Crippen LogP contribution in [0, 0.1) is 0 Å². The third-order valence-corrected chi connectivity index (χ3v) is 4.35. The number of benzene rings is 1. The van der Waals surface area contributed by atoms with Gasteiger partial charge in [-0.15, -0.1) is 0 Å². The minimum Gasteiger partial charge on any atom is -0.472 e. The summed E-state index contributed by atoms with van der Waals surface area (Å²) in [6, 6.07) is 10.7. The zero-order valence-electron chi connectivity index (χ0n) is 11.3. The Morgan fingerprint density at radius 2 is 1.89 bits per heavy atom. The van der Waals surface area contributed by atoms with Crippen molar-refractivity contribution in [2.24, 2.45) is 5.73 Å². The van der Waals surface area contributed by atoms with Crippen molar-refractivity contribution in [2.75, 3.05) is 13.6 Å². The van der Waals surface area contributed by atoms with Crippen LogP contribution in [0.5, 0.6) is 0 Å². The molecule has 1 aliphatic carbocycles. The molecule has 3 nitrogen and oxygen atoms in total. The van der Waals surface area contributed by atoms with Gasteiger partial charge in [0.1, 0.15) is 0 Å². The lowest BCUT2D eigenvalue weighted by atomic mass is 9.93. The van der Waals surface area contributed by atoms with Crippen LogP contribution < -0.4 is 5.73 Å². The Kier molecular flexibility index (Phi) is 3.17. The molecule has 0 saturated heterocycles. The maximum absolute atomic E-state index is 6.11. The monoisotopic (exact) mass is 256 g/mol. The summed E-state index contributed by atoms with van der Waals surface area (Å²) in [5.41, 5.74) is 10.2. The fraction of sp³-hybridized carbons (Fsp3) is 0.375. The van der Waals surface area contributed by atoms with Gasteiger partial charge in [0.15, 0.2) is 0 Å². The first kappa shape index (κ1) is 12.5. The van der Waals surface area contributed by atoms with Gasteiger partial charge in [0.25, 0.3) is 0 Å². The van der Waals surface area contributed by atoms with Crippen molar-refractivity contribution in [3.05, 3.63) is 59.5 Å². The van der Waals surface area contributed by atoms with Gasteiger partial charge in [-0.1, -0.05) is 24.3 Å². The molecule has 2 N–H and O–H groups in total. The summed E-state index contributed by atoms with van der Waals surface area (Å²) in [4.78, 5) is 2.37. The van der Waals surface area contributed by atoms with Gasteiger partial charge >= 0.3 is 0 Å². The number of hydrogen-bond donors (Lipinski definition) is 1. The molecule has 0 saturated carbocycles. The van der Waals surface area contributed by atoms with Crippen LogP contribution in [0.15, 0.2) is 47.3 Å². The molecule has 0 atom stereocenters. The number of nitrogens with zero attached hydrogens (tertiary/aromatic N) is 1. The quantitative estimate of drug-likeness (QED) is 0.912. The van der Waals surface area contributed by atoms with Gasteiger partial charge in [0.05, 0.1) is 12.5 Å². The Bertz CT molecular complexity index is 523. The molecule has 0 aliphatic heterocycles. The molecule has 3 rings (SSSR count). The zero-order valence-corrected chi connectivity index (χ0v) is 11.3. The van der Waals surface area contributed by atoms with E-state index in [2.05, 4.69) is 36.2 Å². The Hall–Kier alpha value is -1.58.